The molecule has 6 rings (SSSR count). The number of anilines is 9. The Morgan fingerprint density at radius 1 is 0.521 bits per heavy atom. The highest BCUT2D eigenvalue weighted by atomic mass is 16.5. The van der Waals surface area contributed by atoms with Crippen LogP contribution in [-0.2, 0) is 0 Å². The van der Waals surface area contributed by atoms with Gasteiger partial charge in [0.2, 0.25) is 5.91 Å². The molecular formula is C39H34N6O3. The molecular weight excluding hydrogens is 600 g/mol. The zero-order valence-electron chi connectivity index (χ0n) is 26.2. The molecule has 6 aromatic carbocycles. The van der Waals surface area contributed by atoms with Crippen LogP contribution in [0.15, 0.2) is 146 Å². The predicted octanol–water partition coefficient (Wildman–Crippen LogP) is 8.59. The second-order valence-electron chi connectivity index (χ2n) is 11.0. The number of nitrogen functional groups attached to an aromatic ring is 1. The number of carbonyl (C=O) groups excluding carboxylic acids is 2. The molecule has 2 amide bonds. The molecule has 6 aromatic rings. The number of hydrogen-bond donors (Lipinski definition) is 5. The number of rotatable bonds is 11. The van der Waals surface area contributed by atoms with Gasteiger partial charge < -0.3 is 37.1 Å². The van der Waals surface area contributed by atoms with Crippen molar-refractivity contribution in [3.8, 4) is 5.75 Å². The summed E-state index contributed by atoms with van der Waals surface area (Å²) in [5.74, 6) is -0.0364. The first kappa shape index (κ1) is 31.3. The molecule has 7 N–H and O–H groups in total. The van der Waals surface area contributed by atoms with Crippen molar-refractivity contribution in [1.82, 2.24) is 0 Å². The lowest BCUT2D eigenvalue weighted by Gasteiger charge is -2.26. The molecule has 9 nitrogen and oxygen atoms in total. The predicted molar refractivity (Wildman–Crippen MR) is 194 cm³/mol. The van der Waals surface area contributed by atoms with Crippen LogP contribution in [0.3, 0.4) is 0 Å². The number of primary amides is 1. The summed E-state index contributed by atoms with van der Waals surface area (Å²) < 4.78 is 5.39. The summed E-state index contributed by atoms with van der Waals surface area (Å²) in [5, 5.41) is 9.70. The number of benzene rings is 6. The molecule has 48 heavy (non-hydrogen) atoms. The van der Waals surface area contributed by atoms with Gasteiger partial charge in [-0.25, -0.2) is 0 Å². The molecule has 0 atom stereocenters. The first-order valence-electron chi connectivity index (χ1n) is 15.2. The Morgan fingerprint density at radius 2 is 0.896 bits per heavy atom. The summed E-state index contributed by atoms with van der Waals surface area (Å²) in [6.07, 6.45) is 0. The zero-order valence-corrected chi connectivity index (χ0v) is 26.2. The third kappa shape index (κ3) is 7.55. The minimum atomic E-state index is -0.538. The van der Waals surface area contributed by atoms with Gasteiger partial charge in [0.1, 0.15) is 5.75 Å². The standard InChI is InChI=1S/C39H34N6O3/c1-48-37-24-22-36(23-25-37)45(34-18-14-31(15-19-34)42-29-8-6-28(40)7-9-29)35-20-16-32(17-21-35)43-30-10-12-33(13-11-30)44-39(47)27-4-2-26(3-5-27)38(41)46/h2-25,42-43H,40H2,1H3,(H2,41,46)(H,44,47). The van der Waals surface area contributed by atoms with E-state index in [2.05, 4.69) is 45.1 Å². The number of amides is 2. The Kier molecular flexibility index (Phi) is 9.20. The van der Waals surface area contributed by atoms with Crippen LogP contribution in [0.5, 0.6) is 5.75 Å². The molecule has 0 aliphatic carbocycles. The number of ether oxygens (including phenoxy) is 1. The number of nitrogens with zero attached hydrogens (tertiary/aromatic N) is 1. The third-order valence-corrected chi connectivity index (χ3v) is 7.64. The Labute approximate surface area is 278 Å². The van der Waals surface area contributed by atoms with Crippen molar-refractivity contribution in [2.24, 2.45) is 5.73 Å². The molecule has 9 heteroatoms. The summed E-state index contributed by atoms with van der Waals surface area (Å²) in [5.41, 5.74) is 19.9. The lowest BCUT2D eigenvalue weighted by Crippen LogP contribution is -2.14. The van der Waals surface area contributed by atoms with Gasteiger partial charge in [-0.05, 0) is 146 Å². The van der Waals surface area contributed by atoms with E-state index in [1.54, 1.807) is 19.2 Å². The average Bonchev–Trinajstić information content (AvgIpc) is 3.12. The molecule has 0 aromatic heterocycles. The monoisotopic (exact) mass is 634 g/mol. The summed E-state index contributed by atoms with van der Waals surface area (Å²) >= 11 is 0. The molecule has 0 saturated heterocycles. The van der Waals surface area contributed by atoms with E-state index < -0.39 is 5.91 Å². The van der Waals surface area contributed by atoms with Gasteiger partial charge >= 0.3 is 0 Å². The maximum Gasteiger partial charge on any atom is 0.255 e. The normalized spacial score (nSPS) is 10.5. The molecule has 0 aliphatic rings. The second-order valence-corrected chi connectivity index (χ2v) is 11.0. The molecule has 0 saturated carbocycles. The molecule has 0 unspecified atom stereocenters. The van der Waals surface area contributed by atoms with E-state index >= 15 is 0 Å². The van der Waals surface area contributed by atoms with Crippen molar-refractivity contribution in [1.29, 1.82) is 0 Å². The molecule has 0 heterocycles. The van der Waals surface area contributed by atoms with Crippen LogP contribution in [0.4, 0.5) is 51.2 Å². The molecule has 0 spiro atoms. The van der Waals surface area contributed by atoms with Gasteiger partial charge in [0, 0.05) is 62.3 Å². The number of hydrogen-bond acceptors (Lipinski definition) is 7. The number of methoxy groups -OCH3 is 1. The largest absolute Gasteiger partial charge is 0.497 e. The lowest BCUT2D eigenvalue weighted by atomic mass is 10.1. The van der Waals surface area contributed by atoms with Crippen molar-refractivity contribution in [2.75, 3.05) is 33.7 Å². The van der Waals surface area contributed by atoms with Gasteiger partial charge in [-0.15, -0.1) is 0 Å². The van der Waals surface area contributed by atoms with Crippen molar-refractivity contribution in [2.45, 2.75) is 0 Å². The molecule has 0 aliphatic heterocycles. The highest BCUT2D eigenvalue weighted by molar-refractivity contribution is 6.05. The Bertz CT molecular complexity index is 1990. The van der Waals surface area contributed by atoms with E-state index in [0.717, 1.165) is 51.2 Å². The van der Waals surface area contributed by atoms with Crippen LogP contribution in [0.2, 0.25) is 0 Å². The Hall–Kier alpha value is -6.74. The first-order valence-corrected chi connectivity index (χ1v) is 15.2. The minimum absolute atomic E-state index is 0.281. The maximum absolute atomic E-state index is 12.6. The van der Waals surface area contributed by atoms with Crippen molar-refractivity contribution >= 4 is 63.0 Å². The molecule has 0 bridgehead atoms. The van der Waals surface area contributed by atoms with Gasteiger partial charge in [0.05, 0.1) is 7.11 Å². The van der Waals surface area contributed by atoms with Crippen LogP contribution < -0.4 is 37.1 Å². The minimum Gasteiger partial charge on any atom is -0.497 e. The highest BCUT2D eigenvalue weighted by Gasteiger charge is 2.14. The van der Waals surface area contributed by atoms with E-state index in [1.165, 1.54) is 12.1 Å². The third-order valence-electron chi connectivity index (χ3n) is 7.64. The average molecular weight is 635 g/mol. The number of carbonyl (C=O) groups is 2. The maximum atomic E-state index is 12.6. The van der Waals surface area contributed by atoms with E-state index in [0.29, 0.717) is 16.8 Å². The van der Waals surface area contributed by atoms with Crippen molar-refractivity contribution < 1.29 is 14.3 Å². The lowest BCUT2D eigenvalue weighted by molar-refractivity contribution is 0.0995. The summed E-state index contributed by atoms with van der Waals surface area (Å²) in [7, 11) is 1.66. The van der Waals surface area contributed by atoms with Gasteiger partial charge in [-0.2, -0.15) is 0 Å². The molecule has 0 fully saturated rings. The Balaban J connectivity index is 1.16. The highest BCUT2D eigenvalue weighted by Crippen LogP contribution is 2.37. The Morgan fingerprint density at radius 3 is 1.33 bits per heavy atom. The molecule has 0 radical (unpaired) electrons. The van der Waals surface area contributed by atoms with E-state index in [9.17, 15) is 9.59 Å². The van der Waals surface area contributed by atoms with Crippen LogP contribution >= 0.6 is 0 Å². The van der Waals surface area contributed by atoms with Crippen LogP contribution in [0.25, 0.3) is 0 Å². The number of nitrogens with one attached hydrogen (secondary N) is 3. The van der Waals surface area contributed by atoms with E-state index in [-0.39, 0.29) is 5.91 Å². The fourth-order valence-corrected chi connectivity index (χ4v) is 5.09. The fourth-order valence-electron chi connectivity index (χ4n) is 5.09. The smallest absolute Gasteiger partial charge is 0.255 e. The van der Waals surface area contributed by atoms with E-state index in [4.69, 9.17) is 16.2 Å². The van der Waals surface area contributed by atoms with Crippen molar-refractivity contribution in [3.05, 3.63) is 157 Å². The van der Waals surface area contributed by atoms with Gasteiger partial charge in [0.15, 0.2) is 0 Å². The van der Waals surface area contributed by atoms with Crippen LogP contribution in [0, 0.1) is 0 Å². The van der Waals surface area contributed by atoms with Crippen LogP contribution in [0.1, 0.15) is 20.7 Å². The summed E-state index contributed by atoms with van der Waals surface area (Å²) in [6.45, 7) is 0. The molecule has 238 valence electrons. The zero-order chi connectivity index (χ0) is 33.5. The SMILES string of the molecule is COc1ccc(N(c2ccc(Nc3ccc(N)cc3)cc2)c2ccc(Nc3ccc(NC(=O)c4ccc(C(N)=O)cc4)cc3)cc2)cc1. The fraction of sp³-hybridized carbons (Fsp3) is 0.0256. The van der Waals surface area contributed by atoms with Crippen LogP contribution in [-0.4, -0.2) is 18.9 Å². The van der Waals surface area contributed by atoms with Gasteiger partial charge in [-0.1, -0.05) is 0 Å². The van der Waals surface area contributed by atoms with Gasteiger partial charge in [0.25, 0.3) is 5.91 Å². The first-order chi connectivity index (χ1) is 23.3. The van der Waals surface area contributed by atoms with E-state index in [1.807, 2.05) is 97.1 Å². The second kappa shape index (κ2) is 14.1. The summed E-state index contributed by atoms with van der Waals surface area (Å²) in [6, 6.07) is 45.6. The number of nitrogens with two attached hydrogens (primary N) is 2. The van der Waals surface area contributed by atoms with Gasteiger partial charge in [-0.3, -0.25) is 9.59 Å². The quantitative estimate of drug-likeness (QED) is 0.0901. The summed E-state index contributed by atoms with van der Waals surface area (Å²) in [4.78, 5) is 26.1. The van der Waals surface area contributed by atoms with Crippen molar-refractivity contribution in [3.63, 3.8) is 0 Å². The topological polar surface area (TPSA) is 135 Å².